The molecule has 1 fully saturated rings. The molecule has 3 heterocycles. The van der Waals surface area contributed by atoms with E-state index >= 15 is 0 Å². The second-order valence-corrected chi connectivity index (χ2v) is 11.3. The molecule has 2 aromatic heterocycles. The number of hydrogen-bond acceptors (Lipinski definition) is 5. The van der Waals surface area contributed by atoms with Crippen LogP contribution in [-0.4, -0.2) is 40.6 Å². The summed E-state index contributed by atoms with van der Waals surface area (Å²) in [5.74, 6) is -0.175. The largest absolute Gasteiger partial charge is 0.322 e. The summed E-state index contributed by atoms with van der Waals surface area (Å²) < 4.78 is 26.0. The Kier molecular flexibility index (Phi) is 5.65. The number of hydrogen-bond donors (Lipinski definition) is 1. The van der Waals surface area contributed by atoms with Crippen molar-refractivity contribution in [3.63, 3.8) is 0 Å². The number of anilines is 1. The molecular weight excluding hydrogens is 472 g/mol. The lowest BCUT2D eigenvalue weighted by atomic mass is 10.0. The van der Waals surface area contributed by atoms with Gasteiger partial charge in [-0.15, -0.1) is 0 Å². The number of nitrogens with one attached hydrogen (secondary N) is 1. The highest BCUT2D eigenvalue weighted by molar-refractivity contribution is 7.91. The van der Waals surface area contributed by atoms with Gasteiger partial charge >= 0.3 is 0 Å². The number of nitrogens with zero attached hydrogens (tertiary/aromatic N) is 3. The maximum atomic E-state index is 13.4. The van der Waals surface area contributed by atoms with Gasteiger partial charge in [0, 0.05) is 16.3 Å². The van der Waals surface area contributed by atoms with Crippen molar-refractivity contribution >= 4 is 44.1 Å². The Morgan fingerprint density at radius 1 is 1.12 bits per heavy atom. The molecular formula is C25H23ClN4O3S. The molecule has 5 rings (SSSR count). The number of sulfone groups is 1. The second kappa shape index (κ2) is 8.52. The molecule has 174 valence electrons. The highest BCUT2D eigenvalue weighted by Crippen LogP contribution is 2.32. The van der Waals surface area contributed by atoms with E-state index in [9.17, 15) is 13.2 Å². The van der Waals surface area contributed by atoms with Crippen molar-refractivity contribution in [2.75, 3.05) is 16.8 Å². The van der Waals surface area contributed by atoms with E-state index in [1.807, 2.05) is 38.1 Å². The van der Waals surface area contributed by atoms with Crippen molar-refractivity contribution in [2.24, 2.45) is 0 Å². The molecule has 34 heavy (non-hydrogen) atoms. The molecule has 2 aromatic carbocycles. The van der Waals surface area contributed by atoms with Crippen molar-refractivity contribution in [1.82, 2.24) is 14.8 Å². The Hall–Kier alpha value is -3.23. The monoisotopic (exact) mass is 494 g/mol. The molecule has 1 amide bonds. The molecule has 0 radical (unpaired) electrons. The summed E-state index contributed by atoms with van der Waals surface area (Å²) in [6.45, 7) is 3.81. The van der Waals surface area contributed by atoms with Crippen LogP contribution in [0.1, 0.15) is 34.1 Å². The molecule has 9 heteroatoms. The number of pyridine rings is 1. The van der Waals surface area contributed by atoms with Gasteiger partial charge < -0.3 is 5.32 Å². The van der Waals surface area contributed by atoms with Crippen molar-refractivity contribution in [2.45, 2.75) is 26.3 Å². The summed E-state index contributed by atoms with van der Waals surface area (Å²) in [4.78, 5) is 18.3. The minimum absolute atomic E-state index is 0.0176. The Morgan fingerprint density at radius 3 is 2.56 bits per heavy atom. The summed E-state index contributed by atoms with van der Waals surface area (Å²) in [5.41, 5.74) is 4.71. The van der Waals surface area contributed by atoms with E-state index in [0.717, 1.165) is 11.1 Å². The molecule has 1 saturated heterocycles. The lowest BCUT2D eigenvalue weighted by Gasteiger charge is -2.12. The van der Waals surface area contributed by atoms with Crippen LogP contribution < -0.4 is 5.32 Å². The van der Waals surface area contributed by atoms with E-state index in [1.165, 1.54) is 0 Å². The summed E-state index contributed by atoms with van der Waals surface area (Å²) in [6, 6.07) is 16.3. The Labute approximate surface area is 202 Å². The Bertz CT molecular complexity index is 1530. The minimum Gasteiger partial charge on any atom is -0.322 e. The minimum atomic E-state index is -3.12. The standard InChI is InChI=1S/C25H23ClN4O3S/c1-15-6-8-17(9-7-15)22-13-21(25(31)27-19-5-3-4-18(26)12-19)23-16(2)29-30(24(23)28-22)20-10-11-34(32,33)14-20/h3-9,12-13,20H,10-11,14H2,1-2H3,(H,27,31). The lowest BCUT2D eigenvalue weighted by Crippen LogP contribution is -2.15. The third-order valence-corrected chi connectivity index (χ3v) is 8.05. The Balaban J connectivity index is 1.68. The van der Waals surface area contributed by atoms with E-state index < -0.39 is 9.84 Å². The molecule has 1 aliphatic rings. The zero-order chi connectivity index (χ0) is 24.0. The van der Waals surface area contributed by atoms with Crippen molar-refractivity contribution < 1.29 is 13.2 Å². The molecule has 1 N–H and O–H groups in total. The predicted octanol–water partition coefficient (Wildman–Crippen LogP) is 4.98. The molecule has 0 spiro atoms. The van der Waals surface area contributed by atoms with Crippen LogP contribution in [0, 0.1) is 13.8 Å². The van der Waals surface area contributed by atoms with Gasteiger partial charge in [-0.2, -0.15) is 5.10 Å². The van der Waals surface area contributed by atoms with Gasteiger partial charge in [-0.3, -0.25) is 4.79 Å². The fourth-order valence-electron chi connectivity index (χ4n) is 4.35. The molecule has 0 bridgehead atoms. The third-order valence-electron chi connectivity index (χ3n) is 6.07. The van der Waals surface area contributed by atoms with Crippen LogP contribution in [0.3, 0.4) is 0 Å². The topological polar surface area (TPSA) is 94.0 Å². The number of carbonyl (C=O) groups is 1. The van der Waals surface area contributed by atoms with Gasteiger partial charge in [-0.1, -0.05) is 47.5 Å². The average molecular weight is 495 g/mol. The molecule has 1 atom stereocenters. The number of fused-ring (bicyclic) bond motifs is 1. The van der Waals surface area contributed by atoms with Gasteiger partial charge in [0.05, 0.1) is 39.9 Å². The molecule has 0 aliphatic carbocycles. The summed E-state index contributed by atoms with van der Waals surface area (Å²) in [6.07, 6.45) is 0.471. The average Bonchev–Trinajstić information content (AvgIpc) is 3.32. The van der Waals surface area contributed by atoms with Crippen LogP contribution >= 0.6 is 11.6 Å². The zero-order valence-corrected chi connectivity index (χ0v) is 20.3. The Morgan fingerprint density at radius 2 is 1.88 bits per heavy atom. The number of amides is 1. The smallest absolute Gasteiger partial charge is 0.256 e. The summed E-state index contributed by atoms with van der Waals surface area (Å²) in [5, 5.41) is 8.68. The lowest BCUT2D eigenvalue weighted by molar-refractivity contribution is 0.102. The second-order valence-electron chi connectivity index (χ2n) is 8.67. The van der Waals surface area contributed by atoms with E-state index in [0.29, 0.717) is 45.1 Å². The number of aryl methyl sites for hydroxylation is 2. The maximum absolute atomic E-state index is 13.4. The number of benzene rings is 2. The molecule has 1 aliphatic heterocycles. The van der Waals surface area contributed by atoms with E-state index in [1.54, 1.807) is 35.0 Å². The number of rotatable bonds is 4. The van der Waals surface area contributed by atoms with Crippen LogP contribution in [0.15, 0.2) is 54.6 Å². The van der Waals surface area contributed by atoms with Gasteiger partial charge in [0.2, 0.25) is 0 Å². The van der Waals surface area contributed by atoms with E-state index in [-0.39, 0.29) is 23.5 Å². The van der Waals surface area contributed by atoms with Gasteiger partial charge in [-0.25, -0.2) is 18.1 Å². The molecule has 0 saturated carbocycles. The molecule has 4 aromatic rings. The number of aromatic nitrogens is 3. The first-order valence-corrected chi connectivity index (χ1v) is 13.1. The highest BCUT2D eigenvalue weighted by Gasteiger charge is 2.32. The van der Waals surface area contributed by atoms with Crippen LogP contribution in [0.25, 0.3) is 22.3 Å². The summed E-state index contributed by atoms with van der Waals surface area (Å²) >= 11 is 6.09. The van der Waals surface area contributed by atoms with Crippen LogP contribution in [-0.2, 0) is 9.84 Å². The van der Waals surface area contributed by atoms with Crippen molar-refractivity contribution in [1.29, 1.82) is 0 Å². The van der Waals surface area contributed by atoms with Gasteiger partial charge in [0.1, 0.15) is 0 Å². The first-order valence-electron chi connectivity index (χ1n) is 10.9. The molecule has 7 nitrogen and oxygen atoms in total. The molecule has 1 unspecified atom stereocenters. The number of halogens is 1. The van der Waals surface area contributed by atoms with Crippen LogP contribution in [0.5, 0.6) is 0 Å². The van der Waals surface area contributed by atoms with E-state index in [4.69, 9.17) is 16.6 Å². The highest BCUT2D eigenvalue weighted by atomic mass is 35.5. The summed E-state index contributed by atoms with van der Waals surface area (Å²) in [7, 11) is -3.12. The maximum Gasteiger partial charge on any atom is 0.256 e. The quantitative estimate of drug-likeness (QED) is 0.431. The zero-order valence-electron chi connectivity index (χ0n) is 18.7. The first kappa shape index (κ1) is 22.6. The fraction of sp³-hybridized carbons (Fsp3) is 0.240. The van der Waals surface area contributed by atoms with Gasteiger partial charge in [0.25, 0.3) is 5.91 Å². The normalized spacial score (nSPS) is 17.2. The van der Waals surface area contributed by atoms with E-state index in [2.05, 4.69) is 10.4 Å². The van der Waals surface area contributed by atoms with Gasteiger partial charge in [0.15, 0.2) is 15.5 Å². The van der Waals surface area contributed by atoms with Crippen molar-refractivity contribution in [3.8, 4) is 11.3 Å². The third kappa shape index (κ3) is 4.31. The SMILES string of the molecule is Cc1ccc(-c2cc(C(=O)Nc3cccc(Cl)c3)c3c(C)nn(C4CCS(=O)(=O)C4)c3n2)cc1. The van der Waals surface area contributed by atoms with Gasteiger partial charge in [-0.05, 0) is 44.5 Å². The number of carbonyl (C=O) groups excluding carboxylic acids is 1. The predicted molar refractivity (Wildman–Crippen MR) is 134 cm³/mol. The van der Waals surface area contributed by atoms with Crippen LogP contribution in [0.2, 0.25) is 5.02 Å². The first-order chi connectivity index (χ1) is 16.2. The van der Waals surface area contributed by atoms with Crippen LogP contribution in [0.4, 0.5) is 5.69 Å². The fourth-order valence-corrected chi connectivity index (χ4v) is 6.23. The van der Waals surface area contributed by atoms with Crippen molar-refractivity contribution in [3.05, 3.63) is 76.4 Å².